The topological polar surface area (TPSA) is 29.1 Å². The van der Waals surface area contributed by atoms with Crippen LogP contribution in [-0.4, -0.2) is 18.9 Å². The second kappa shape index (κ2) is 1.13. The summed E-state index contributed by atoms with van der Waals surface area (Å²) < 4.78 is 0. The molecule has 0 bridgehead atoms. The molecule has 0 radical (unpaired) electrons. The van der Waals surface area contributed by atoms with Crippen LogP contribution in [0.2, 0.25) is 0 Å². The van der Waals surface area contributed by atoms with Crippen LogP contribution in [0.5, 0.6) is 0 Å². The first-order valence-electron chi connectivity index (χ1n) is 3.08. The predicted octanol–water partition coefficient (Wildman–Crippen LogP) is -0.0611. The van der Waals surface area contributed by atoms with Gasteiger partial charge in [-0.2, -0.15) is 0 Å². The summed E-state index contributed by atoms with van der Waals surface area (Å²) in [5.74, 6) is 0.483. The molecule has 0 unspecified atom stereocenters. The summed E-state index contributed by atoms with van der Waals surface area (Å²) in [6.07, 6.45) is 1.97. The van der Waals surface area contributed by atoms with Crippen LogP contribution in [0.25, 0.3) is 0 Å². The van der Waals surface area contributed by atoms with Crippen molar-refractivity contribution >= 4 is 5.78 Å². The van der Waals surface area contributed by atoms with Gasteiger partial charge >= 0.3 is 0 Å². The second-order valence-electron chi connectivity index (χ2n) is 2.81. The summed E-state index contributed by atoms with van der Waals surface area (Å²) in [5.41, 5.74) is 0.153. The monoisotopic (exact) mass is 111 g/mol. The van der Waals surface area contributed by atoms with Gasteiger partial charge in [0, 0.05) is 19.5 Å². The van der Waals surface area contributed by atoms with Gasteiger partial charge < -0.3 is 5.32 Å². The van der Waals surface area contributed by atoms with E-state index in [2.05, 4.69) is 5.32 Å². The molecule has 1 heterocycles. The molecule has 2 fully saturated rings. The van der Waals surface area contributed by atoms with Gasteiger partial charge in [0.05, 0.1) is 5.41 Å². The Morgan fingerprint density at radius 1 is 1.50 bits per heavy atom. The Labute approximate surface area is 48.3 Å². The van der Waals surface area contributed by atoms with Gasteiger partial charge in [-0.1, -0.05) is 0 Å². The van der Waals surface area contributed by atoms with Gasteiger partial charge in [0.25, 0.3) is 0 Å². The highest BCUT2D eigenvalue weighted by molar-refractivity contribution is 5.91. The van der Waals surface area contributed by atoms with Gasteiger partial charge in [-0.05, 0) is 6.42 Å². The minimum Gasteiger partial charge on any atom is -0.315 e. The molecule has 0 aromatic rings. The molecule has 1 saturated heterocycles. The Bertz CT molecular complexity index is 132. The number of carbonyl (C=O) groups excluding carboxylic acids is 1. The van der Waals surface area contributed by atoms with Crippen LogP contribution in [0, 0.1) is 5.41 Å². The number of ketones is 1. The minimum absolute atomic E-state index is 0.153. The average Bonchev–Trinajstić information content (AvgIpc) is 1.58. The van der Waals surface area contributed by atoms with Gasteiger partial charge in [0.15, 0.2) is 0 Å². The van der Waals surface area contributed by atoms with Crippen LogP contribution in [0.15, 0.2) is 0 Å². The molecule has 0 atom stereocenters. The van der Waals surface area contributed by atoms with E-state index in [1.807, 2.05) is 0 Å². The van der Waals surface area contributed by atoms with E-state index in [0.717, 1.165) is 25.9 Å². The van der Waals surface area contributed by atoms with Crippen LogP contribution >= 0.6 is 0 Å². The van der Waals surface area contributed by atoms with E-state index in [4.69, 9.17) is 0 Å². The van der Waals surface area contributed by atoms with Crippen molar-refractivity contribution in [2.45, 2.75) is 12.8 Å². The molecular formula is C6H9NO. The van der Waals surface area contributed by atoms with Crippen molar-refractivity contribution in [3.63, 3.8) is 0 Å². The van der Waals surface area contributed by atoms with Gasteiger partial charge in [0.2, 0.25) is 0 Å². The number of nitrogens with one attached hydrogen (secondary N) is 1. The molecule has 8 heavy (non-hydrogen) atoms. The first-order chi connectivity index (χ1) is 3.83. The minimum atomic E-state index is 0.153. The zero-order chi connectivity index (χ0) is 5.61. The number of rotatable bonds is 0. The normalized spacial score (nSPS) is 31.8. The van der Waals surface area contributed by atoms with Gasteiger partial charge in [-0.3, -0.25) is 4.79 Å². The summed E-state index contributed by atoms with van der Waals surface area (Å²) in [6, 6.07) is 0. The highest BCUT2D eigenvalue weighted by atomic mass is 16.1. The Kier molecular flexibility index (Phi) is 0.637. The molecule has 1 N–H and O–H groups in total. The molecule has 0 aromatic carbocycles. The highest BCUT2D eigenvalue weighted by Gasteiger charge is 2.50. The maximum atomic E-state index is 10.8. The van der Waals surface area contributed by atoms with Crippen molar-refractivity contribution in [2.24, 2.45) is 5.41 Å². The number of hydrogen-bond acceptors (Lipinski definition) is 2. The molecule has 2 heteroatoms. The third-order valence-electron chi connectivity index (χ3n) is 2.35. The average molecular weight is 111 g/mol. The lowest BCUT2D eigenvalue weighted by atomic mass is 9.63. The molecule has 1 spiro atoms. The van der Waals surface area contributed by atoms with E-state index in [1.54, 1.807) is 0 Å². The fourth-order valence-corrected chi connectivity index (χ4v) is 1.38. The standard InChI is InChI=1S/C6H9NO/c8-5-1-2-6(5)3-7-4-6/h7H,1-4H2. The van der Waals surface area contributed by atoms with E-state index >= 15 is 0 Å². The van der Waals surface area contributed by atoms with E-state index in [1.165, 1.54) is 0 Å². The van der Waals surface area contributed by atoms with Crippen LogP contribution in [0.3, 0.4) is 0 Å². The van der Waals surface area contributed by atoms with Crippen LogP contribution in [0.1, 0.15) is 12.8 Å². The summed E-state index contributed by atoms with van der Waals surface area (Å²) in [6.45, 7) is 1.90. The first kappa shape index (κ1) is 4.50. The quantitative estimate of drug-likeness (QED) is 0.474. The van der Waals surface area contributed by atoms with Crippen molar-refractivity contribution in [1.29, 1.82) is 0 Å². The highest BCUT2D eigenvalue weighted by Crippen LogP contribution is 2.39. The van der Waals surface area contributed by atoms with Gasteiger partial charge in [-0.25, -0.2) is 0 Å². The van der Waals surface area contributed by atoms with Crippen molar-refractivity contribution in [3.05, 3.63) is 0 Å². The lowest BCUT2D eigenvalue weighted by molar-refractivity contribution is -0.142. The van der Waals surface area contributed by atoms with Crippen LogP contribution in [-0.2, 0) is 4.79 Å². The smallest absolute Gasteiger partial charge is 0.141 e. The van der Waals surface area contributed by atoms with Gasteiger partial charge in [-0.15, -0.1) is 0 Å². The summed E-state index contributed by atoms with van der Waals surface area (Å²) in [4.78, 5) is 10.8. The Balaban J connectivity index is 2.14. The van der Waals surface area contributed by atoms with Crippen molar-refractivity contribution in [2.75, 3.05) is 13.1 Å². The Morgan fingerprint density at radius 3 is 2.25 bits per heavy atom. The maximum Gasteiger partial charge on any atom is 0.141 e. The van der Waals surface area contributed by atoms with E-state index in [-0.39, 0.29) is 5.41 Å². The molecule has 2 nitrogen and oxygen atoms in total. The predicted molar refractivity (Wildman–Crippen MR) is 29.5 cm³/mol. The number of Topliss-reactive ketones (excluding diaryl/α,β-unsaturated/α-hetero) is 1. The van der Waals surface area contributed by atoms with E-state index in [0.29, 0.717) is 5.78 Å². The largest absolute Gasteiger partial charge is 0.315 e. The molecule has 1 aliphatic carbocycles. The molecular weight excluding hydrogens is 102 g/mol. The third kappa shape index (κ3) is 0.313. The SMILES string of the molecule is O=C1CCC12CNC2. The van der Waals surface area contributed by atoms with Gasteiger partial charge in [0.1, 0.15) is 5.78 Å². The lowest BCUT2D eigenvalue weighted by Crippen LogP contribution is -2.63. The van der Waals surface area contributed by atoms with Crippen molar-refractivity contribution < 1.29 is 4.79 Å². The fraction of sp³-hybridized carbons (Fsp3) is 0.833. The number of hydrogen-bond donors (Lipinski definition) is 1. The van der Waals surface area contributed by atoms with Crippen LogP contribution < -0.4 is 5.32 Å². The molecule has 2 rings (SSSR count). The maximum absolute atomic E-state index is 10.8. The Hall–Kier alpha value is -0.370. The summed E-state index contributed by atoms with van der Waals surface area (Å²) in [7, 11) is 0. The number of carbonyl (C=O) groups is 1. The second-order valence-corrected chi connectivity index (χ2v) is 2.81. The van der Waals surface area contributed by atoms with E-state index in [9.17, 15) is 4.79 Å². The summed E-state index contributed by atoms with van der Waals surface area (Å²) in [5, 5.41) is 3.11. The van der Waals surface area contributed by atoms with E-state index < -0.39 is 0 Å². The molecule has 1 saturated carbocycles. The molecule has 1 aliphatic heterocycles. The lowest BCUT2D eigenvalue weighted by Gasteiger charge is -2.47. The van der Waals surface area contributed by atoms with Crippen LogP contribution in [0.4, 0.5) is 0 Å². The van der Waals surface area contributed by atoms with Crippen molar-refractivity contribution in [1.82, 2.24) is 5.32 Å². The van der Waals surface area contributed by atoms with Crippen molar-refractivity contribution in [3.8, 4) is 0 Å². The fourth-order valence-electron chi connectivity index (χ4n) is 1.38. The summed E-state index contributed by atoms with van der Waals surface area (Å²) >= 11 is 0. The molecule has 2 aliphatic rings. The molecule has 0 amide bonds. The Morgan fingerprint density at radius 2 is 2.25 bits per heavy atom. The molecule has 44 valence electrons. The zero-order valence-electron chi connectivity index (χ0n) is 4.74. The molecule has 0 aromatic heterocycles. The first-order valence-corrected chi connectivity index (χ1v) is 3.08. The zero-order valence-corrected chi connectivity index (χ0v) is 4.74. The third-order valence-corrected chi connectivity index (χ3v) is 2.35.